The summed E-state index contributed by atoms with van der Waals surface area (Å²) in [5, 5.41) is 8.57. The maximum absolute atomic E-state index is 11.5. The van der Waals surface area contributed by atoms with Gasteiger partial charge in [0.2, 0.25) is 0 Å². The lowest BCUT2D eigenvalue weighted by atomic mass is 10.1. The molecule has 0 aliphatic heterocycles. The summed E-state index contributed by atoms with van der Waals surface area (Å²) in [5.41, 5.74) is 0.793. The molecule has 1 aromatic carbocycles. The van der Waals surface area contributed by atoms with Crippen molar-refractivity contribution in [1.82, 2.24) is 0 Å². The van der Waals surface area contributed by atoms with Crippen LogP contribution in [0.1, 0.15) is 12.0 Å². The summed E-state index contributed by atoms with van der Waals surface area (Å²) in [6.07, 6.45) is 0.628. The van der Waals surface area contributed by atoms with E-state index in [1.165, 1.54) is 0 Å². The fourth-order valence-corrected chi connectivity index (χ4v) is 1.46. The number of hydrogen-bond donors (Lipinski definition) is 1. The van der Waals surface area contributed by atoms with E-state index >= 15 is 0 Å². The maximum Gasteiger partial charge on any atom is 0.310 e. The van der Waals surface area contributed by atoms with Gasteiger partial charge in [-0.25, -0.2) is 0 Å². The number of aliphatic hydroxyl groups is 1. The molecule has 0 saturated carbocycles. The van der Waals surface area contributed by atoms with Crippen molar-refractivity contribution >= 4 is 5.97 Å². The lowest BCUT2D eigenvalue weighted by molar-refractivity contribution is -0.143. The van der Waals surface area contributed by atoms with Crippen molar-refractivity contribution in [3.8, 4) is 11.5 Å². The van der Waals surface area contributed by atoms with Crippen molar-refractivity contribution < 1.29 is 24.1 Å². The lowest BCUT2D eigenvalue weighted by Crippen LogP contribution is -2.10. The van der Waals surface area contributed by atoms with Crippen LogP contribution in [-0.2, 0) is 16.0 Å². The van der Waals surface area contributed by atoms with Crippen LogP contribution < -0.4 is 9.47 Å². The fraction of sp³-hybridized carbons (Fsp3) is 0.462. The SMILES string of the molecule is COc1ccc(CC(=O)OCCCO)cc1OC. The van der Waals surface area contributed by atoms with Gasteiger partial charge >= 0.3 is 5.97 Å². The number of esters is 1. The van der Waals surface area contributed by atoms with E-state index in [1.807, 2.05) is 0 Å². The highest BCUT2D eigenvalue weighted by Crippen LogP contribution is 2.27. The van der Waals surface area contributed by atoms with Gasteiger partial charge in [-0.05, 0) is 17.7 Å². The summed E-state index contributed by atoms with van der Waals surface area (Å²) < 4.78 is 15.2. The van der Waals surface area contributed by atoms with Gasteiger partial charge in [-0.1, -0.05) is 6.07 Å². The molecule has 0 saturated heterocycles. The molecule has 1 aromatic rings. The van der Waals surface area contributed by atoms with Crippen LogP contribution in [0.3, 0.4) is 0 Å². The first kappa shape index (κ1) is 14.3. The van der Waals surface area contributed by atoms with Crippen molar-refractivity contribution in [3.05, 3.63) is 23.8 Å². The van der Waals surface area contributed by atoms with Crippen molar-refractivity contribution in [3.63, 3.8) is 0 Å². The highest BCUT2D eigenvalue weighted by Gasteiger charge is 2.09. The molecule has 18 heavy (non-hydrogen) atoms. The molecule has 5 nitrogen and oxygen atoms in total. The molecular weight excluding hydrogens is 236 g/mol. The van der Waals surface area contributed by atoms with Gasteiger partial charge < -0.3 is 19.3 Å². The molecule has 0 spiro atoms. The van der Waals surface area contributed by atoms with Crippen LogP contribution in [0.5, 0.6) is 11.5 Å². The second-order valence-electron chi connectivity index (χ2n) is 3.66. The second kappa shape index (κ2) is 7.55. The number of methoxy groups -OCH3 is 2. The lowest BCUT2D eigenvalue weighted by Gasteiger charge is -2.09. The van der Waals surface area contributed by atoms with Crippen LogP contribution in [0.15, 0.2) is 18.2 Å². The van der Waals surface area contributed by atoms with E-state index in [2.05, 4.69) is 0 Å². The Bertz CT molecular complexity index is 389. The topological polar surface area (TPSA) is 65.0 Å². The van der Waals surface area contributed by atoms with Crippen LogP contribution in [0.4, 0.5) is 0 Å². The van der Waals surface area contributed by atoms with Gasteiger partial charge in [0, 0.05) is 13.0 Å². The van der Waals surface area contributed by atoms with Gasteiger partial charge in [-0.3, -0.25) is 4.79 Å². The molecular formula is C13H18O5. The zero-order valence-electron chi connectivity index (χ0n) is 10.6. The van der Waals surface area contributed by atoms with Crippen molar-refractivity contribution in [1.29, 1.82) is 0 Å². The Kier molecular flexibility index (Phi) is 6.00. The average Bonchev–Trinajstić information content (AvgIpc) is 2.39. The summed E-state index contributed by atoms with van der Waals surface area (Å²) in [4.78, 5) is 11.5. The van der Waals surface area contributed by atoms with Gasteiger partial charge in [-0.15, -0.1) is 0 Å². The summed E-state index contributed by atoms with van der Waals surface area (Å²) in [6, 6.07) is 5.27. The second-order valence-corrected chi connectivity index (χ2v) is 3.66. The monoisotopic (exact) mass is 254 g/mol. The normalized spacial score (nSPS) is 9.94. The first-order valence-corrected chi connectivity index (χ1v) is 5.68. The molecule has 1 N–H and O–H groups in total. The largest absolute Gasteiger partial charge is 0.493 e. The standard InChI is InChI=1S/C13H18O5/c1-16-11-5-4-10(8-12(11)17-2)9-13(15)18-7-3-6-14/h4-5,8,14H,3,6-7,9H2,1-2H3. The molecule has 1 rings (SSSR count). The van der Waals surface area contributed by atoms with E-state index < -0.39 is 0 Å². The number of aliphatic hydroxyl groups excluding tert-OH is 1. The highest BCUT2D eigenvalue weighted by atomic mass is 16.5. The number of ether oxygens (including phenoxy) is 3. The molecule has 0 bridgehead atoms. The van der Waals surface area contributed by atoms with E-state index in [0.717, 1.165) is 5.56 Å². The maximum atomic E-state index is 11.5. The van der Waals surface area contributed by atoms with Crippen LogP contribution in [0.25, 0.3) is 0 Å². The molecule has 0 atom stereocenters. The molecule has 0 fully saturated rings. The Hall–Kier alpha value is -1.75. The molecule has 100 valence electrons. The smallest absolute Gasteiger partial charge is 0.310 e. The Morgan fingerprint density at radius 2 is 1.94 bits per heavy atom. The third-order valence-corrected chi connectivity index (χ3v) is 2.36. The third kappa shape index (κ3) is 4.25. The number of hydrogen-bond acceptors (Lipinski definition) is 5. The van der Waals surface area contributed by atoms with Gasteiger partial charge in [0.05, 0.1) is 27.2 Å². The number of rotatable bonds is 7. The Morgan fingerprint density at radius 3 is 2.56 bits per heavy atom. The van der Waals surface area contributed by atoms with Gasteiger partial charge in [0.1, 0.15) is 0 Å². The molecule has 0 unspecified atom stereocenters. The van der Waals surface area contributed by atoms with Gasteiger partial charge in [0.15, 0.2) is 11.5 Å². The minimum Gasteiger partial charge on any atom is -0.493 e. The molecule has 0 aliphatic carbocycles. The molecule has 0 amide bonds. The molecule has 5 heteroatoms. The zero-order valence-corrected chi connectivity index (χ0v) is 10.6. The minimum atomic E-state index is -0.323. The predicted molar refractivity (Wildman–Crippen MR) is 65.9 cm³/mol. The van der Waals surface area contributed by atoms with Crippen LogP contribution in [0, 0.1) is 0 Å². The highest BCUT2D eigenvalue weighted by molar-refractivity contribution is 5.72. The zero-order chi connectivity index (χ0) is 13.4. The predicted octanol–water partition coefficient (Wildman–Crippen LogP) is 1.17. The fourth-order valence-electron chi connectivity index (χ4n) is 1.46. The summed E-state index contributed by atoms with van der Waals surface area (Å²) in [6.45, 7) is 0.256. The molecule has 0 heterocycles. The van der Waals surface area contributed by atoms with Gasteiger partial charge in [0.25, 0.3) is 0 Å². The van der Waals surface area contributed by atoms with E-state index in [4.69, 9.17) is 19.3 Å². The molecule has 0 aromatic heterocycles. The van der Waals surface area contributed by atoms with E-state index in [1.54, 1.807) is 32.4 Å². The Morgan fingerprint density at radius 1 is 1.22 bits per heavy atom. The first-order valence-electron chi connectivity index (χ1n) is 5.68. The number of carbonyl (C=O) groups is 1. The Labute approximate surface area is 106 Å². The van der Waals surface area contributed by atoms with Crippen molar-refractivity contribution in [2.45, 2.75) is 12.8 Å². The molecule has 0 radical (unpaired) electrons. The average molecular weight is 254 g/mol. The first-order chi connectivity index (χ1) is 8.71. The van der Waals surface area contributed by atoms with Crippen molar-refractivity contribution in [2.24, 2.45) is 0 Å². The van der Waals surface area contributed by atoms with E-state index in [-0.39, 0.29) is 25.6 Å². The van der Waals surface area contributed by atoms with Gasteiger partial charge in [-0.2, -0.15) is 0 Å². The Balaban J connectivity index is 2.59. The molecule has 0 aliphatic rings. The van der Waals surface area contributed by atoms with E-state index in [0.29, 0.717) is 17.9 Å². The van der Waals surface area contributed by atoms with E-state index in [9.17, 15) is 4.79 Å². The number of carbonyl (C=O) groups excluding carboxylic acids is 1. The summed E-state index contributed by atoms with van der Waals surface area (Å²) in [7, 11) is 3.10. The summed E-state index contributed by atoms with van der Waals surface area (Å²) >= 11 is 0. The quantitative estimate of drug-likeness (QED) is 0.584. The van der Waals surface area contributed by atoms with Crippen molar-refractivity contribution in [2.75, 3.05) is 27.4 Å². The van der Waals surface area contributed by atoms with Crippen LogP contribution in [0.2, 0.25) is 0 Å². The van der Waals surface area contributed by atoms with Crippen LogP contribution in [-0.4, -0.2) is 38.5 Å². The number of benzene rings is 1. The minimum absolute atomic E-state index is 0.0175. The third-order valence-electron chi connectivity index (χ3n) is 2.36. The van der Waals surface area contributed by atoms with Crippen LogP contribution >= 0.6 is 0 Å². The summed E-state index contributed by atoms with van der Waals surface area (Å²) in [5.74, 6) is 0.878.